The Balaban J connectivity index is 1.86. The highest BCUT2D eigenvalue weighted by Gasteiger charge is 2.34. The first-order valence-corrected chi connectivity index (χ1v) is 7.33. The predicted octanol–water partition coefficient (Wildman–Crippen LogP) is 3.10. The smallest absolute Gasteiger partial charge is 0.270 e. The summed E-state index contributed by atoms with van der Waals surface area (Å²) in [6.45, 7) is 0. The van der Waals surface area contributed by atoms with E-state index in [1.807, 2.05) is 18.2 Å². The van der Waals surface area contributed by atoms with E-state index in [0.717, 1.165) is 5.56 Å². The first kappa shape index (κ1) is 13.2. The highest BCUT2D eigenvalue weighted by atomic mass is 35.5. The number of nitrogens with one attached hydrogen (secondary N) is 1. The molecule has 4 rings (SSSR count). The second kappa shape index (κ2) is 4.78. The van der Waals surface area contributed by atoms with Crippen molar-refractivity contribution in [3.8, 4) is 0 Å². The fraction of sp³-hybridized carbons (Fsp3) is 0.118. The Bertz CT molecular complexity index is 978. The summed E-state index contributed by atoms with van der Waals surface area (Å²) in [5.74, 6) is -0.553. The van der Waals surface area contributed by atoms with Crippen molar-refractivity contribution in [2.75, 3.05) is 0 Å². The molecular formula is C17H11ClN2O2. The van der Waals surface area contributed by atoms with Crippen LogP contribution < -0.4 is 5.56 Å². The first-order valence-electron chi connectivity index (χ1n) is 6.95. The van der Waals surface area contributed by atoms with Crippen LogP contribution in [0.5, 0.6) is 0 Å². The Hall–Kier alpha value is -2.46. The zero-order valence-corrected chi connectivity index (χ0v) is 12.2. The van der Waals surface area contributed by atoms with Gasteiger partial charge in [-0.15, -0.1) is 0 Å². The predicted molar refractivity (Wildman–Crippen MR) is 84.6 cm³/mol. The van der Waals surface area contributed by atoms with Crippen LogP contribution >= 0.6 is 11.6 Å². The Kier molecular flexibility index (Phi) is 2.87. The molecule has 0 aliphatic heterocycles. The van der Waals surface area contributed by atoms with Crippen LogP contribution in [-0.4, -0.2) is 15.8 Å². The van der Waals surface area contributed by atoms with Gasteiger partial charge in [-0.1, -0.05) is 35.9 Å². The number of aromatic nitrogens is 2. The van der Waals surface area contributed by atoms with Gasteiger partial charge in [-0.2, -0.15) is 0 Å². The van der Waals surface area contributed by atoms with Crippen LogP contribution in [0.3, 0.4) is 0 Å². The van der Waals surface area contributed by atoms with Gasteiger partial charge >= 0.3 is 0 Å². The van der Waals surface area contributed by atoms with Crippen LogP contribution in [0, 0.1) is 0 Å². The average Bonchev–Trinajstić information content (AvgIpc) is 2.84. The summed E-state index contributed by atoms with van der Waals surface area (Å²) in [6, 6.07) is 12.6. The summed E-state index contributed by atoms with van der Waals surface area (Å²) >= 11 is 5.92. The van der Waals surface area contributed by atoms with E-state index < -0.39 is 5.92 Å². The number of aromatic amines is 1. The fourth-order valence-corrected chi connectivity index (χ4v) is 3.14. The summed E-state index contributed by atoms with van der Waals surface area (Å²) in [6.07, 6.45) is 0.518. The van der Waals surface area contributed by atoms with Gasteiger partial charge in [-0.05, 0) is 30.2 Å². The van der Waals surface area contributed by atoms with Crippen LogP contribution in [0.1, 0.15) is 27.5 Å². The molecule has 5 heteroatoms. The molecule has 1 aliphatic rings. The minimum absolute atomic E-state index is 0.0399. The van der Waals surface area contributed by atoms with Gasteiger partial charge < -0.3 is 4.98 Å². The van der Waals surface area contributed by atoms with E-state index in [2.05, 4.69) is 9.97 Å². The lowest BCUT2D eigenvalue weighted by molar-refractivity contribution is 0.0971. The Morgan fingerprint density at radius 3 is 2.77 bits per heavy atom. The lowest BCUT2D eigenvalue weighted by Crippen LogP contribution is -2.22. The molecular weight excluding hydrogens is 300 g/mol. The van der Waals surface area contributed by atoms with Crippen LogP contribution in [0.15, 0.2) is 47.3 Å². The highest BCUT2D eigenvalue weighted by molar-refractivity contribution is 6.31. The maximum absolute atomic E-state index is 12.5. The van der Waals surface area contributed by atoms with Gasteiger partial charge in [0.1, 0.15) is 5.69 Å². The van der Waals surface area contributed by atoms with Crippen molar-refractivity contribution in [2.24, 2.45) is 0 Å². The number of benzene rings is 2. The van der Waals surface area contributed by atoms with E-state index in [9.17, 15) is 9.59 Å². The average molecular weight is 311 g/mol. The molecule has 1 aromatic heterocycles. The zero-order valence-electron chi connectivity index (χ0n) is 11.5. The largest absolute Gasteiger partial charge is 0.319 e. The van der Waals surface area contributed by atoms with Gasteiger partial charge in [0, 0.05) is 10.6 Å². The zero-order chi connectivity index (χ0) is 15.3. The number of carbonyl (C=O) groups is 1. The minimum Gasteiger partial charge on any atom is -0.319 e. The number of halogens is 1. The lowest BCUT2D eigenvalue weighted by Gasteiger charge is -2.08. The summed E-state index contributed by atoms with van der Waals surface area (Å²) in [7, 11) is 0. The lowest BCUT2D eigenvalue weighted by atomic mass is 10.0. The third-order valence-electron chi connectivity index (χ3n) is 4.03. The van der Waals surface area contributed by atoms with Crippen LogP contribution in [0.4, 0.5) is 0 Å². The van der Waals surface area contributed by atoms with Crippen molar-refractivity contribution in [1.82, 2.24) is 9.97 Å². The van der Waals surface area contributed by atoms with Crippen LogP contribution in [0.2, 0.25) is 5.02 Å². The number of nitrogens with zero attached hydrogens (tertiary/aromatic N) is 1. The van der Waals surface area contributed by atoms with Crippen molar-refractivity contribution in [1.29, 1.82) is 0 Å². The van der Waals surface area contributed by atoms with E-state index in [0.29, 0.717) is 28.0 Å². The Morgan fingerprint density at radius 1 is 1.14 bits per heavy atom. The summed E-state index contributed by atoms with van der Waals surface area (Å²) < 4.78 is 0. The summed E-state index contributed by atoms with van der Waals surface area (Å²) in [5, 5.41) is 0.530. The Morgan fingerprint density at radius 2 is 1.95 bits per heavy atom. The molecule has 0 saturated carbocycles. The molecule has 0 saturated heterocycles. The molecule has 1 N–H and O–H groups in total. The van der Waals surface area contributed by atoms with E-state index in [1.165, 1.54) is 0 Å². The number of fused-ring (bicyclic) bond motifs is 2. The molecule has 1 aliphatic carbocycles. The van der Waals surface area contributed by atoms with Crippen LogP contribution in [-0.2, 0) is 6.42 Å². The standard InChI is InChI=1S/C17H11ClN2O2/c18-10-5-6-13-14(8-10)20-17(22)15(19-13)12-7-9-3-1-2-4-11(9)16(12)21/h1-6,8,12H,7H2,(H,20,22)/t12-/m0/s1. The molecule has 4 nitrogen and oxygen atoms in total. The molecule has 1 atom stereocenters. The molecule has 2 aromatic carbocycles. The molecule has 22 heavy (non-hydrogen) atoms. The highest BCUT2D eigenvalue weighted by Crippen LogP contribution is 2.32. The molecule has 0 radical (unpaired) electrons. The van der Waals surface area contributed by atoms with Crippen molar-refractivity contribution in [2.45, 2.75) is 12.3 Å². The van der Waals surface area contributed by atoms with E-state index in [-0.39, 0.29) is 17.0 Å². The van der Waals surface area contributed by atoms with Crippen molar-refractivity contribution < 1.29 is 4.79 Å². The number of hydrogen-bond donors (Lipinski definition) is 1. The number of rotatable bonds is 1. The van der Waals surface area contributed by atoms with Crippen molar-refractivity contribution >= 4 is 28.4 Å². The van der Waals surface area contributed by atoms with Crippen molar-refractivity contribution in [3.05, 3.63) is 74.7 Å². The normalized spacial score (nSPS) is 17.0. The number of Topliss-reactive ketones (excluding diaryl/α,β-unsaturated/α-hetero) is 1. The van der Waals surface area contributed by atoms with Gasteiger partial charge in [-0.25, -0.2) is 4.98 Å². The second-order valence-electron chi connectivity index (χ2n) is 5.39. The quantitative estimate of drug-likeness (QED) is 0.751. The maximum atomic E-state index is 12.5. The molecule has 0 fully saturated rings. The van der Waals surface area contributed by atoms with Gasteiger partial charge in [-0.3, -0.25) is 9.59 Å². The van der Waals surface area contributed by atoms with Gasteiger partial charge in [0.2, 0.25) is 0 Å². The number of hydrogen-bond acceptors (Lipinski definition) is 3. The molecule has 0 unspecified atom stereocenters. The fourth-order valence-electron chi connectivity index (χ4n) is 2.97. The second-order valence-corrected chi connectivity index (χ2v) is 5.83. The maximum Gasteiger partial charge on any atom is 0.270 e. The number of carbonyl (C=O) groups excluding carboxylic acids is 1. The Labute approximate surface area is 130 Å². The van der Waals surface area contributed by atoms with E-state index >= 15 is 0 Å². The van der Waals surface area contributed by atoms with E-state index in [1.54, 1.807) is 24.3 Å². The number of H-pyrrole nitrogens is 1. The topological polar surface area (TPSA) is 62.8 Å². The summed E-state index contributed by atoms with van der Waals surface area (Å²) in [5.41, 5.74) is 2.80. The van der Waals surface area contributed by atoms with Gasteiger partial charge in [0.05, 0.1) is 17.0 Å². The minimum atomic E-state index is -0.513. The number of ketones is 1. The molecule has 3 aromatic rings. The molecule has 0 bridgehead atoms. The van der Waals surface area contributed by atoms with Gasteiger partial charge in [0.25, 0.3) is 5.56 Å². The van der Waals surface area contributed by atoms with Crippen molar-refractivity contribution in [3.63, 3.8) is 0 Å². The third kappa shape index (κ3) is 1.96. The molecule has 108 valence electrons. The SMILES string of the molecule is O=C1c2ccccc2C[C@H]1c1nc2ccc(Cl)cc2[nH]c1=O. The van der Waals surface area contributed by atoms with Crippen LogP contribution in [0.25, 0.3) is 11.0 Å². The third-order valence-corrected chi connectivity index (χ3v) is 4.27. The van der Waals surface area contributed by atoms with E-state index in [4.69, 9.17) is 11.6 Å². The molecule has 0 spiro atoms. The molecule has 0 amide bonds. The van der Waals surface area contributed by atoms with Gasteiger partial charge in [0.15, 0.2) is 5.78 Å². The monoisotopic (exact) mass is 310 g/mol. The first-order chi connectivity index (χ1) is 10.6. The molecule has 1 heterocycles. The summed E-state index contributed by atoms with van der Waals surface area (Å²) in [4.78, 5) is 32.0.